The van der Waals surface area contributed by atoms with Gasteiger partial charge in [0.2, 0.25) is 0 Å². The van der Waals surface area contributed by atoms with E-state index in [2.05, 4.69) is 16.5 Å². The lowest BCUT2D eigenvalue weighted by Crippen LogP contribution is -2.29. The molecule has 0 spiro atoms. The predicted octanol–water partition coefficient (Wildman–Crippen LogP) is 2.90. The van der Waals surface area contributed by atoms with Crippen LogP contribution in [-0.4, -0.2) is 38.9 Å². The van der Waals surface area contributed by atoms with Crippen molar-refractivity contribution in [2.45, 2.75) is 31.2 Å². The van der Waals surface area contributed by atoms with E-state index in [1.165, 1.54) is 12.8 Å². The van der Waals surface area contributed by atoms with E-state index in [0.29, 0.717) is 23.0 Å². The van der Waals surface area contributed by atoms with Gasteiger partial charge in [-0.1, -0.05) is 22.9 Å². The molecule has 1 saturated heterocycles. The normalized spacial score (nSPS) is 21.3. The number of nitrogens with zero attached hydrogens (tertiary/aromatic N) is 4. The van der Waals surface area contributed by atoms with Crippen molar-refractivity contribution in [3.8, 4) is 0 Å². The zero-order chi connectivity index (χ0) is 15.1. The topological polar surface area (TPSA) is 51.0 Å². The second-order valence-corrected chi connectivity index (χ2v) is 6.54. The van der Waals surface area contributed by atoms with Crippen LogP contribution in [0.3, 0.4) is 0 Å². The number of likely N-dealkylation sites (tertiary alicyclic amines) is 1. The number of carbonyl (C=O) groups excluding carboxylic acids is 1. The molecule has 2 aliphatic rings. The van der Waals surface area contributed by atoms with Crippen LogP contribution in [0.2, 0.25) is 5.02 Å². The smallest absolute Gasteiger partial charge is 0.253 e. The number of carbonyl (C=O) groups is 1. The number of hydrogen-bond acceptors (Lipinski definition) is 3. The van der Waals surface area contributed by atoms with E-state index in [-0.39, 0.29) is 11.9 Å². The monoisotopic (exact) mass is 316 g/mol. The van der Waals surface area contributed by atoms with E-state index in [0.717, 1.165) is 18.7 Å². The zero-order valence-electron chi connectivity index (χ0n) is 12.2. The first-order valence-electron chi connectivity index (χ1n) is 7.67. The van der Waals surface area contributed by atoms with E-state index < -0.39 is 0 Å². The van der Waals surface area contributed by atoms with Crippen LogP contribution >= 0.6 is 11.6 Å². The van der Waals surface area contributed by atoms with Gasteiger partial charge in [-0.3, -0.25) is 4.79 Å². The van der Waals surface area contributed by atoms with Crippen LogP contribution in [0.1, 0.15) is 47.3 Å². The molecule has 2 aromatic rings. The Hall–Kier alpha value is -1.88. The van der Waals surface area contributed by atoms with E-state index in [9.17, 15) is 4.79 Å². The van der Waals surface area contributed by atoms with Crippen molar-refractivity contribution in [3.63, 3.8) is 0 Å². The molecule has 114 valence electrons. The summed E-state index contributed by atoms with van der Waals surface area (Å²) in [5, 5.41) is 9.09. The van der Waals surface area contributed by atoms with Gasteiger partial charge in [0.1, 0.15) is 0 Å². The minimum Gasteiger partial charge on any atom is -0.336 e. The largest absolute Gasteiger partial charge is 0.336 e. The first-order chi connectivity index (χ1) is 10.7. The summed E-state index contributed by atoms with van der Waals surface area (Å²) in [5.74, 6) is 0.645. The molecule has 0 radical (unpaired) electrons. The van der Waals surface area contributed by atoms with Crippen LogP contribution in [0.4, 0.5) is 0 Å². The summed E-state index contributed by atoms with van der Waals surface area (Å²) in [7, 11) is 0. The summed E-state index contributed by atoms with van der Waals surface area (Å²) in [5.41, 5.74) is 1.74. The molecule has 1 amide bonds. The number of aromatic nitrogens is 3. The van der Waals surface area contributed by atoms with Crippen LogP contribution < -0.4 is 0 Å². The van der Waals surface area contributed by atoms with E-state index in [1.54, 1.807) is 12.1 Å². The van der Waals surface area contributed by atoms with E-state index >= 15 is 0 Å². The van der Waals surface area contributed by atoms with Crippen molar-refractivity contribution >= 4 is 17.5 Å². The Balaban J connectivity index is 1.46. The number of rotatable bonds is 3. The Bertz CT molecular complexity index is 710. The molecule has 1 saturated carbocycles. The highest BCUT2D eigenvalue weighted by molar-refractivity contribution is 6.30. The Morgan fingerprint density at radius 3 is 2.91 bits per heavy atom. The van der Waals surface area contributed by atoms with Gasteiger partial charge in [-0.15, -0.1) is 5.10 Å². The molecule has 5 nitrogen and oxygen atoms in total. The van der Waals surface area contributed by atoms with Crippen LogP contribution in [0, 0.1) is 0 Å². The van der Waals surface area contributed by atoms with Crippen LogP contribution in [0.5, 0.6) is 0 Å². The van der Waals surface area contributed by atoms with Crippen LogP contribution in [0.25, 0.3) is 0 Å². The number of amides is 1. The van der Waals surface area contributed by atoms with Crippen molar-refractivity contribution in [2.75, 3.05) is 13.1 Å². The molecular weight excluding hydrogens is 300 g/mol. The molecule has 2 fully saturated rings. The fourth-order valence-electron chi connectivity index (χ4n) is 2.98. The molecule has 1 aliphatic carbocycles. The Morgan fingerprint density at radius 2 is 2.14 bits per heavy atom. The van der Waals surface area contributed by atoms with Gasteiger partial charge in [0.15, 0.2) is 0 Å². The molecule has 6 heteroatoms. The third-order valence-corrected chi connectivity index (χ3v) is 4.66. The third kappa shape index (κ3) is 2.61. The van der Waals surface area contributed by atoms with Crippen LogP contribution in [0.15, 0.2) is 30.5 Å². The fourth-order valence-corrected chi connectivity index (χ4v) is 3.17. The first kappa shape index (κ1) is 13.8. The molecule has 0 bridgehead atoms. The van der Waals surface area contributed by atoms with Gasteiger partial charge in [0, 0.05) is 35.8 Å². The molecule has 4 rings (SSSR count). The summed E-state index contributed by atoms with van der Waals surface area (Å²) < 4.78 is 1.93. The minimum absolute atomic E-state index is 0.0348. The Kier molecular flexibility index (Phi) is 3.37. The van der Waals surface area contributed by atoms with E-state index in [1.807, 2.05) is 21.7 Å². The number of benzene rings is 1. The van der Waals surface area contributed by atoms with Gasteiger partial charge in [-0.2, -0.15) is 0 Å². The molecular formula is C16H17ClN4O. The molecule has 0 N–H and O–H groups in total. The van der Waals surface area contributed by atoms with Gasteiger partial charge in [-0.05, 0) is 37.5 Å². The average Bonchev–Trinajstić information content (AvgIpc) is 3.06. The summed E-state index contributed by atoms with van der Waals surface area (Å²) >= 11 is 5.97. The lowest BCUT2D eigenvalue weighted by atomic mass is 10.2. The zero-order valence-corrected chi connectivity index (χ0v) is 12.9. The lowest BCUT2D eigenvalue weighted by molar-refractivity contribution is 0.0787. The maximum atomic E-state index is 12.5. The quantitative estimate of drug-likeness (QED) is 0.875. The standard InChI is InChI=1S/C16H17ClN4O/c17-13-3-1-2-12(8-13)16(22)20-7-6-14(9-20)21-10-15(18-19-21)11-4-5-11/h1-3,8,10-11,14H,4-7,9H2. The van der Waals surface area contributed by atoms with Gasteiger partial charge in [-0.25, -0.2) is 4.68 Å². The van der Waals surface area contributed by atoms with Gasteiger partial charge < -0.3 is 4.90 Å². The minimum atomic E-state index is 0.0348. The maximum absolute atomic E-state index is 12.5. The molecule has 1 aromatic carbocycles. The molecule has 1 atom stereocenters. The van der Waals surface area contributed by atoms with Gasteiger partial charge in [0.05, 0.1) is 11.7 Å². The van der Waals surface area contributed by atoms with Gasteiger partial charge in [0.25, 0.3) is 5.91 Å². The Morgan fingerprint density at radius 1 is 1.27 bits per heavy atom. The van der Waals surface area contributed by atoms with Gasteiger partial charge >= 0.3 is 0 Å². The summed E-state index contributed by atoms with van der Waals surface area (Å²) in [4.78, 5) is 14.4. The lowest BCUT2D eigenvalue weighted by Gasteiger charge is -2.16. The highest BCUT2D eigenvalue weighted by atomic mass is 35.5. The average molecular weight is 317 g/mol. The van der Waals surface area contributed by atoms with E-state index in [4.69, 9.17) is 11.6 Å². The Labute approximate surface area is 133 Å². The molecule has 22 heavy (non-hydrogen) atoms. The molecule has 2 heterocycles. The maximum Gasteiger partial charge on any atom is 0.253 e. The highest BCUT2D eigenvalue weighted by Crippen LogP contribution is 2.39. The first-order valence-corrected chi connectivity index (χ1v) is 8.05. The third-order valence-electron chi connectivity index (χ3n) is 4.42. The van der Waals surface area contributed by atoms with Crippen molar-refractivity contribution < 1.29 is 4.79 Å². The van der Waals surface area contributed by atoms with Crippen molar-refractivity contribution in [2.24, 2.45) is 0 Å². The van der Waals surface area contributed by atoms with Crippen LogP contribution in [-0.2, 0) is 0 Å². The van der Waals surface area contributed by atoms with Crippen molar-refractivity contribution in [3.05, 3.63) is 46.7 Å². The number of halogens is 1. The van der Waals surface area contributed by atoms with Crippen molar-refractivity contribution in [1.82, 2.24) is 19.9 Å². The second-order valence-electron chi connectivity index (χ2n) is 6.10. The summed E-state index contributed by atoms with van der Waals surface area (Å²) in [6, 6.07) is 7.34. The fraction of sp³-hybridized carbons (Fsp3) is 0.438. The molecule has 1 aromatic heterocycles. The second kappa shape index (κ2) is 5.39. The SMILES string of the molecule is O=C(c1cccc(Cl)c1)N1CCC(n2cc(C3CC3)nn2)C1. The highest BCUT2D eigenvalue weighted by Gasteiger charge is 2.31. The van der Waals surface area contributed by atoms with Crippen molar-refractivity contribution in [1.29, 1.82) is 0 Å². The predicted molar refractivity (Wildman–Crippen MR) is 83.0 cm³/mol. The molecule has 1 unspecified atom stereocenters. The summed E-state index contributed by atoms with van der Waals surface area (Å²) in [6.45, 7) is 1.42. The summed E-state index contributed by atoms with van der Waals surface area (Å²) in [6.07, 6.45) is 5.42. The molecule has 1 aliphatic heterocycles. The number of hydrogen-bond donors (Lipinski definition) is 0.